The van der Waals surface area contributed by atoms with E-state index >= 15 is 0 Å². The van der Waals surface area contributed by atoms with Crippen LogP contribution in [0.5, 0.6) is 0 Å². The minimum absolute atomic E-state index is 0.107. The topological polar surface area (TPSA) is 70.6 Å². The number of amidine groups is 1. The molecule has 4 N–H and O–H groups in total. The van der Waals surface area contributed by atoms with Crippen LogP contribution in [-0.2, 0) is 6.54 Å². The van der Waals surface area contributed by atoms with Crippen LogP contribution in [0.15, 0.2) is 52.5 Å². The Hall–Kier alpha value is -2.21. The van der Waals surface area contributed by atoms with Crippen LogP contribution in [0, 0.1) is 5.82 Å². The molecule has 0 spiro atoms. The zero-order valence-corrected chi connectivity index (χ0v) is 12.3. The number of hydrogen-bond acceptors (Lipinski definition) is 4. The van der Waals surface area contributed by atoms with Crippen molar-refractivity contribution in [3.05, 3.63) is 59.4 Å². The Kier molecular flexibility index (Phi) is 5.05. The number of nitrogens with one attached hydrogen (secondary N) is 1. The average molecular weight is 305 g/mol. The Bertz CT molecular complexity index is 644. The van der Waals surface area contributed by atoms with Crippen LogP contribution in [0.25, 0.3) is 0 Å². The molecule has 0 amide bonds. The molecule has 0 aromatic heterocycles. The predicted molar refractivity (Wildman–Crippen MR) is 84.5 cm³/mol. The van der Waals surface area contributed by atoms with Crippen LogP contribution in [0.2, 0.25) is 0 Å². The lowest BCUT2D eigenvalue weighted by Gasteiger charge is -2.11. The van der Waals surface area contributed by atoms with E-state index in [-0.39, 0.29) is 5.84 Å². The highest BCUT2D eigenvalue weighted by molar-refractivity contribution is 7.98. The highest BCUT2D eigenvalue weighted by Gasteiger charge is 2.08. The minimum Gasteiger partial charge on any atom is -0.409 e. The van der Waals surface area contributed by atoms with Crippen molar-refractivity contribution in [2.45, 2.75) is 11.4 Å². The Morgan fingerprint density at radius 3 is 2.62 bits per heavy atom. The van der Waals surface area contributed by atoms with Gasteiger partial charge >= 0.3 is 0 Å². The molecule has 0 saturated carbocycles. The van der Waals surface area contributed by atoms with E-state index in [2.05, 4.69) is 10.5 Å². The summed E-state index contributed by atoms with van der Waals surface area (Å²) in [5, 5.41) is 14.9. The summed E-state index contributed by atoms with van der Waals surface area (Å²) in [6.07, 6.45) is 2.02. The van der Waals surface area contributed by atoms with Gasteiger partial charge in [-0.2, -0.15) is 0 Å². The number of oxime groups is 1. The Morgan fingerprint density at radius 1 is 1.29 bits per heavy atom. The number of nitrogens with zero attached hydrogens (tertiary/aromatic N) is 1. The van der Waals surface area contributed by atoms with Crippen molar-refractivity contribution in [1.82, 2.24) is 0 Å². The molecule has 2 aromatic carbocycles. The number of benzene rings is 2. The van der Waals surface area contributed by atoms with E-state index in [1.165, 1.54) is 17.0 Å². The fourth-order valence-corrected chi connectivity index (χ4v) is 2.31. The van der Waals surface area contributed by atoms with Crippen LogP contribution >= 0.6 is 11.8 Å². The first-order chi connectivity index (χ1) is 10.1. The molecule has 0 unspecified atom stereocenters. The van der Waals surface area contributed by atoms with E-state index in [0.717, 1.165) is 11.3 Å². The molecule has 2 aromatic rings. The molecule has 6 heteroatoms. The number of rotatable bonds is 5. The van der Waals surface area contributed by atoms with Crippen molar-refractivity contribution in [3.8, 4) is 0 Å². The van der Waals surface area contributed by atoms with Gasteiger partial charge < -0.3 is 16.3 Å². The van der Waals surface area contributed by atoms with E-state index in [4.69, 9.17) is 10.9 Å². The smallest absolute Gasteiger partial charge is 0.170 e. The third-order valence-electron chi connectivity index (χ3n) is 3.03. The first kappa shape index (κ1) is 15.2. The van der Waals surface area contributed by atoms with Crippen LogP contribution in [-0.4, -0.2) is 17.3 Å². The normalized spacial score (nSPS) is 11.4. The maximum absolute atomic E-state index is 13.3. The molecule has 4 nitrogen and oxygen atoms in total. The van der Waals surface area contributed by atoms with E-state index in [1.807, 2.05) is 30.5 Å². The molecule has 110 valence electrons. The van der Waals surface area contributed by atoms with Gasteiger partial charge in [-0.1, -0.05) is 11.2 Å². The lowest BCUT2D eigenvalue weighted by Crippen LogP contribution is -2.17. The third-order valence-corrected chi connectivity index (χ3v) is 3.77. The van der Waals surface area contributed by atoms with Crippen molar-refractivity contribution in [2.24, 2.45) is 10.9 Å². The van der Waals surface area contributed by atoms with Crippen LogP contribution in [0.1, 0.15) is 11.1 Å². The van der Waals surface area contributed by atoms with Crippen molar-refractivity contribution in [1.29, 1.82) is 0 Å². The Balaban J connectivity index is 2.15. The van der Waals surface area contributed by atoms with Gasteiger partial charge in [0.05, 0.1) is 0 Å². The molecule has 0 fully saturated rings. The van der Waals surface area contributed by atoms with Gasteiger partial charge in [0.15, 0.2) is 5.84 Å². The number of thioether (sulfide) groups is 1. The fraction of sp³-hybridized carbons (Fsp3) is 0.133. The van der Waals surface area contributed by atoms with E-state index in [0.29, 0.717) is 12.1 Å². The summed E-state index contributed by atoms with van der Waals surface area (Å²) in [6.45, 7) is 0.449. The van der Waals surface area contributed by atoms with Gasteiger partial charge in [-0.3, -0.25) is 0 Å². The maximum atomic E-state index is 13.3. The molecular weight excluding hydrogens is 289 g/mol. The van der Waals surface area contributed by atoms with Gasteiger partial charge in [-0.15, -0.1) is 11.8 Å². The van der Waals surface area contributed by atoms with Crippen molar-refractivity contribution in [3.63, 3.8) is 0 Å². The highest BCUT2D eigenvalue weighted by Crippen LogP contribution is 2.19. The number of halogens is 1. The molecule has 0 aliphatic rings. The molecule has 0 aliphatic carbocycles. The molecule has 0 heterocycles. The zero-order valence-electron chi connectivity index (χ0n) is 11.5. The van der Waals surface area contributed by atoms with E-state index in [9.17, 15) is 4.39 Å². The van der Waals surface area contributed by atoms with Gasteiger partial charge in [0.1, 0.15) is 5.82 Å². The van der Waals surface area contributed by atoms with Crippen molar-refractivity contribution < 1.29 is 9.60 Å². The Labute approximate surface area is 126 Å². The maximum Gasteiger partial charge on any atom is 0.170 e. The van der Waals surface area contributed by atoms with E-state index in [1.54, 1.807) is 17.8 Å². The molecule has 0 radical (unpaired) electrons. The monoisotopic (exact) mass is 305 g/mol. The molecular formula is C15H16FN3OS. The average Bonchev–Trinajstić information content (AvgIpc) is 2.53. The number of nitrogens with two attached hydrogens (primary N) is 1. The third kappa shape index (κ3) is 3.88. The lowest BCUT2D eigenvalue weighted by atomic mass is 10.1. The summed E-state index contributed by atoms with van der Waals surface area (Å²) in [7, 11) is 0. The lowest BCUT2D eigenvalue weighted by molar-refractivity contribution is 0.318. The quantitative estimate of drug-likeness (QED) is 0.261. The number of hydrogen-bond donors (Lipinski definition) is 3. The van der Waals surface area contributed by atoms with Gasteiger partial charge in [-0.05, 0) is 48.2 Å². The summed E-state index contributed by atoms with van der Waals surface area (Å²) in [5.41, 5.74) is 7.65. The van der Waals surface area contributed by atoms with Crippen molar-refractivity contribution in [2.75, 3.05) is 11.6 Å². The summed E-state index contributed by atoms with van der Waals surface area (Å²) in [5.74, 6) is -0.534. The van der Waals surface area contributed by atoms with Gasteiger partial charge in [0, 0.05) is 22.7 Å². The first-order valence-electron chi connectivity index (χ1n) is 6.28. The molecule has 0 aliphatic heterocycles. The summed E-state index contributed by atoms with van der Waals surface area (Å²) in [6, 6.07) is 12.2. The first-order valence-corrected chi connectivity index (χ1v) is 7.50. The Morgan fingerprint density at radius 2 is 2.00 bits per heavy atom. The molecule has 0 saturated heterocycles. The van der Waals surface area contributed by atoms with Crippen molar-refractivity contribution >= 4 is 23.3 Å². The summed E-state index contributed by atoms with van der Waals surface area (Å²) in [4.78, 5) is 1.18. The second-order valence-electron chi connectivity index (χ2n) is 4.37. The summed E-state index contributed by atoms with van der Waals surface area (Å²) < 4.78 is 13.3. The van der Waals surface area contributed by atoms with Gasteiger partial charge in [0.25, 0.3) is 0 Å². The highest BCUT2D eigenvalue weighted by atomic mass is 32.2. The zero-order chi connectivity index (χ0) is 15.2. The standard InChI is InChI=1S/C15H16FN3OS/c1-21-13-6-4-12(5-7-13)18-9-10-2-3-11(16)8-14(10)15(17)19-20/h2-8,18,20H,9H2,1H3,(H2,17,19). The predicted octanol–water partition coefficient (Wildman–Crippen LogP) is 3.25. The SMILES string of the molecule is CSc1ccc(NCc2ccc(F)cc2C(N)=NO)cc1. The molecule has 0 atom stereocenters. The van der Waals surface area contributed by atoms with Crippen LogP contribution < -0.4 is 11.1 Å². The van der Waals surface area contributed by atoms with Gasteiger partial charge in [0.2, 0.25) is 0 Å². The molecule has 21 heavy (non-hydrogen) atoms. The minimum atomic E-state index is -0.426. The van der Waals surface area contributed by atoms with E-state index < -0.39 is 5.82 Å². The molecule has 0 bridgehead atoms. The summed E-state index contributed by atoms with van der Waals surface area (Å²) >= 11 is 1.67. The van der Waals surface area contributed by atoms with Crippen LogP contribution in [0.3, 0.4) is 0 Å². The second kappa shape index (κ2) is 6.99. The fourth-order valence-electron chi connectivity index (χ4n) is 1.90. The largest absolute Gasteiger partial charge is 0.409 e. The van der Waals surface area contributed by atoms with Gasteiger partial charge in [-0.25, -0.2) is 4.39 Å². The number of anilines is 1. The second-order valence-corrected chi connectivity index (χ2v) is 5.25. The van der Waals surface area contributed by atoms with Crippen LogP contribution in [0.4, 0.5) is 10.1 Å². The molecule has 2 rings (SSSR count).